The Balaban J connectivity index is 1.60. The van der Waals surface area contributed by atoms with Crippen LogP contribution < -0.4 is 5.32 Å². The van der Waals surface area contributed by atoms with Crippen molar-refractivity contribution in [2.75, 3.05) is 0 Å². The van der Waals surface area contributed by atoms with Crippen LogP contribution in [-0.4, -0.2) is 10.2 Å². The van der Waals surface area contributed by atoms with Crippen LogP contribution in [0.15, 0.2) is 52.9 Å². The number of hydrogen-bond donors (Lipinski definition) is 1. The highest BCUT2D eigenvalue weighted by molar-refractivity contribution is 5.53. The third-order valence-corrected chi connectivity index (χ3v) is 3.42. The third-order valence-electron chi connectivity index (χ3n) is 3.42. The van der Waals surface area contributed by atoms with Gasteiger partial charge in [-0.2, -0.15) is 0 Å². The lowest BCUT2D eigenvalue weighted by Crippen LogP contribution is -2.12. The van der Waals surface area contributed by atoms with Crippen molar-refractivity contribution in [1.82, 2.24) is 15.5 Å². The van der Waals surface area contributed by atoms with Crippen molar-refractivity contribution in [2.45, 2.75) is 26.9 Å². The molecule has 0 unspecified atom stereocenters. The Kier molecular flexibility index (Phi) is 4.30. The highest BCUT2D eigenvalue weighted by Gasteiger charge is 2.08. The Labute approximate surface area is 130 Å². The standard InChI is InChI=1S/C18H19N3O/c1-13-5-3-7-15(9-13)11-19-12-17-20-21-18(22-17)16-8-4-6-14(2)10-16/h3-10,19H,11-12H2,1-2H3. The number of benzene rings is 2. The van der Waals surface area contributed by atoms with Gasteiger partial charge in [-0.05, 0) is 31.5 Å². The first-order chi connectivity index (χ1) is 10.7. The van der Waals surface area contributed by atoms with Crippen LogP contribution in [0.25, 0.3) is 11.5 Å². The second-order valence-corrected chi connectivity index (χ2v) is 5.46. The summed E-state index contributed by atoms with van der Waals surface area (Å²) in [6.07, 6.45) is 0. The van der Waals surface area contributed by atoms with E-state index in [1.165, 1.54) is 16.7 Å². The molecule has 1 N–H and O–H groups in total. The summed E-state index contributed by atoms with van der Waals surface area (Å²) in [5, 5.41) is 11.5. The Morgan fingerprint density at radius 3 is 2.45 bits per heavy atom. The molecule has 0 amide bonds. The molecule has 0 atom stereocenters. The van der Waals surface area contributed by atoms with Crippen molar-refractivity contribution in [2.24, 2.45) is 0 Å². The van der Waals surface area contributed by atoms with Crippen molar-refractivity contribution in [3.05, 3.63) is 71.1 Å². The molecule has 4 nitrogen and oxygen atoms in total. The van der Waals surface area contributed by atoms with Crippen LogP contribution in [0.4, 0.5) is 0 Å². The van der Waals surface area contributed by atoms with E-state index in [0.717, 1.165) is 12.1 Å². The molecule has 22 heavy (non-hydrogen) atoms. The van der Waals surface area contributed by atoms with Gasteiger partial charge in [-0.3, -0.25) is 0 Å². The summed E-state index contributed by atoms with van der Waals surface area (Å²) in [6.45, 7) is 5.48. The number of aryl methyl sites for hydroxylation is 2. The Hall–Kier alpha value is -2.46. The Morgan fingerprint density at radius 1 is 0.909 bits per heavy atom. The predicted molar refractivity (Wildman–Crippen MR) is 86.2 cm³/mol. The molecule has 0 aliphatic heterocycles. The van der Waals surface area contributed by atoms with Gasteiger partial charge in [0.1, 0.15) is 0 Å². The number of rotatable bonds is 5. The molecule has 0 bridgehead atoms. The molecule has 1 aromatic heterocycles. The fourth-order valence-electron chi connectivity index (χ4n) is 2.36. The maximum Gasteiger partial charge on any atom is 0.247 e. The smallest absolute Gasteiger partial charge is 0.247 e. The molecule has 0 saturated carbocycles. The van der Waals surface area contributed by atoms with Gasteiger partial charge in [0.15, 0.2) is 0 Å². The zero-order valence-electron chi connectivity index (χ0n) is 12.8. The van der Waals surface area contributed by atoms with Crippen LogP contribution >= 0.6 is 0 Å². The second-order valence-electron chi connectivity index (χ2n) is 5.46. The predicted octanol–water partition coefficient (Wildman–Crippen LogP) is 3.64. The van der Waals surface area contributed by atoms with Crippen LogP contribution in [0.2, 0.25) is 0 Å². The molecule has 0 radical (unpaired) electrons. The van der Waals surface area contributed by atoms with Gasteiger partial charge in [0, 0.05) is 12.1 Å². The van der Waals surface area contributed by atoms with E-state index in [-0.39, 0.29) is 0 Å². The normalized spacial score (nSPS) is 10.8. The maximum atomic E-state index is 5.70. The van der Waals surface area contributed by atoms with E-state index in [1.54, 1.807) is 0 Å². The molecule has 1 heterocycles. The van der Waals surface area contributed by atoms with Gasteiger partial charge in [-0.25, -0.2) is 0 Å². The highest BCUT2D eigenvalue weighted by atomic mass is 16.4. The van der Waals surface area contributed by atoms with Crippen molar-refractivity contribution in [1.29, 1.82) is 0 Å². The lowest BCUT2D eigenvalue weighted by Gasteiger charge is -2.03. The summed E-state index contributed by atoms with van der Waals surface area (Å²) in [5.41, 5.74) is 4.64. The first kappa shape index (κ1) is 14.5. The molecule has 0 saturated heterocycles. The second kappa shape index (κ2) is 6.54. The van der Waals surface area contributed by atoms with Crippen LogP contribution in [-0.2, 0) is 13.1 Å². The maximum absolute atomic E-state index is 5.70. The minimum atomic E-state index is 0.562. The molecule has 0 spiro atoms. The van der Waals surface area contributed by atoms with Crippen molar-refractivity contribution in [3.63, 3.8) is 0 Å². The zero-order chi connectivity index (χ0) is 15.4. The third kappa shape index (κ3) is 3.59. The van der Waals surface area contributed by atoms with Crippen molar-refractivity contribution in [3.8, 4) is 11.5 Å². The number of aromatic nitrogens is 2. The van der Waals surface area contributed by atoms with E-state index < -0.39 is 0 Å². The summed E-state index contributed by atoms with van der Waals surface area (Å²) < 4.78 is 5.70. The molecule has 112 valence electrons. The quantitative estimate of drug-likeness (QED) is 0.780. The van der Waals surface area contributed by atoms with Gasteiger partial charge in [0.05, 0.1) is 6.54 Å². The molecule has 0 aliphatic rings. The highest BCUT2D eigenvalue weighted by Crippen LogP contribution is 2.18. The molecule has 3 aromatic rings. The molecule has 0 fully saturated rings. The van der Waals surface area contributed by atoms with Crippen LogP contribution in [0, 0.1) is 13.8 Å². The summed E-state index contributed by atoms with van der Waals surface area (Å²) in [6, 6.07) is 16.5. The monoisotopic (exact) mass is 293 g/mol. The topological polar surface area (TPSA) is 51.0 Å². The Morgan fingerprint density at radius 2 is 1.68 bits per heavy atom. The first-order valence-electron chi connectivity index (χ1n) is 7.36. The van der Waals surface area contributed by atoms with Gasteiger partial charge >= 0.3 is 0 Å². The summed E-state index contributed by atoms with van der Waals surface area (Å²) in [4.78, 5) is 0. The van der Waals surface area contributed by atoms with Crippen LogP contribution in [0.1, 0.15) is 22.6 Å². The molecule has 0 aliphatic carbocycles. The summed E-state index contributed by atoms with van der Waals surface area (Å²) >= 11 is 0. The molecule has 2 aromatic carbocycles. The van der Waals surface area contributed by atoms with Gasteiger partial charge in [-0.15, -0.1) is 10.2 Å². The minimum Gasteiger partial charge on any atom is -0.419 e. The average molecular weight is 293 g/mol. The van der Waals surface area contributed by atoms with E-state index in [9.17, 15) is 0 Å². The number of hydrogen-bond acceptors (Lipinski definition) is 4. The van der Waals surface area contributed by atoms with Crippen molar-refractivity contribution >= 4 is 0 Å². The summed E-state index contributed by atoms with van der Waals surface area (Å²) in [7, 11) is 0. The number of nitrogens with zero attached hydrogens (tertiary/aromatic N) is 2. The first-order valence-corrected chi connectivity index (χ1v) is 7.36. The van der Waals surface area contributed by atoms with E-state index >= 15 is 0 Å². The molecular formula is C18H19N3O. The van der Waals surface area contributed by atoms with Crippen LogP contribution in [0.3, 0.4) is 0 Å². The lowest BCUT2D eigenvalue weighted by molar-refractivity contribution is 0.477. The Bertz CT molecular complexity index is 764. The molecule has 4 heteroatoms. The van der Waals surface area contributed by atoms with Gasteiger partial charge in [0.25, 0.3) is 0 Å². The van der Waals surface area contributed by atoms with E-state index in [4.69, 9.17) is 4.42 Å². The lowest BCUT2D eigenvalue weighted by atomic mass is 10.1. The minimum absolute atomic E-state index is 0.562. The van der Waals surface area contributed by atoms with E-state index in [2.05, 4.69) is 46.7 Å². The average Bonchev–Trinajstić information content (AvgIpc) is 2.96. The molecular weight excluding hydrogens is 274 g/mol. The largest absolute Gasteiger partial charge is 0.419 e. The van der Waals surface area contributed by atoms with Crippen LogP contribution in [0.5, 0.6) is 0 Å². The van der Waals surface area contributed by atoms with Gasteiger partial charge in [0.2, 0.25) is 11.8 Å². The fourth-order valence-corrected chi connectivity index (χ4v) is 2.36. The van der Waals surface area contributed by atoms with Crippen molar-refractivity contribution < 1.29 is 4.42 Å². The molecule has 3 rings (SSSR count). The SMILES string of the molecule is Cc1cccc(CNCc2nnc(-c3cccc(C)c3)o2)c1. The zero-order valence-corrected chi connectivity index (χ0v) is 12.8. The van der Waals surface area contributed by atoms with E-state index in [0.29, 0.717) is 18.3 Å². The van der Waals surface area contributed by atoms with Gasteiger partial charge < -0.3 is 9.73 Å². The van der Waals surface area contributed by atoms with E-state index in [1.807, 2.05) is 31.2 Å². The number of nitrogens with one attached hydrogen (secondary N) is 1. The summed E-state index contributed by atoms with van der Waals surface area (Å²) in [5.74, 6) is 1.17. The van der Waals surface area contributed by atoms with Gasteiger partial charge in [-0.1, -0.05) is 47.5 Å². The fraction of sp³-hybridized carbons (Fsp3) is 0.222.